The maximum Gasteiger partial charge on any atom is 0.200 e. The van der Waals surface area contributed by atoms with E-state index in [2.05, 4.69) is 41.2 Å². The van der Waals surface area contributed by atoms with Gasteiger partial charge >= 0.3 is 0 Å². The van der Waals surface area contributed by atoms with Crippen molar-refractivity contribution in [1.82, 2.24) is 25.0 Å². The summed E-state index contributed by atoms with van der Waals surface area (Å²) < 4.78 is 1.91. The first-order valence-corrected chi connectivity index (χ1v) is 8.22. The third-order valence-corrected chi connectivity index (χ3v) is 4.32. The number of aromatic carboxylic acids is 1. The Morgan fingerprint density at radius 3 is 2.56 bits per heavy atom. The molecule has 1 aromatic carbocycles. The second-order valence-corrected chi connectivity index (χ2v) is 7.35. The molecule has 2 heterocycles. The summed E-state index contributed by atoms with van der Waals surface area (Å²) in [7, 11) is 0. The summed E-state index contributed by atoms with van der Waals surface area (Å²) in [5.41, 5.74) is 1.80. The first-order chi connectivity index (χ1) is 11.7. The van der Waals surface area contributed by atoms with Crippen LogP contribution in [0.25, 0.3) is 17.2 Å². The first kappa shape index (κ1) is 17.4. The zero-order valence-corrected chi connectivity index (χ0v) is 15.3. The Kier molecular flexibility index (Phi) is 4.26. The lowest BCUT2D eigenvalue weighted by Crippen LogP contribution is -2.22. The summed E-state index contributed by atoms with van der Waals surface area (Å²) in [5.74, 6) is -0.901. The van der Waals surface area contributed by atoms with Crippen LogP contribution in [0.2, 0.25) is 5.02 Å². The molecular formula is C16H15ClN5O2S-. The molecule has 0 saturated heterocycles. The largest absolute Gasteiger partial charge is 0.545 e. The van der Waals surface area contributed by atoms with Gasteiger partial charge in [-0.25, -0.2) is 0 Å². The number of aromatic nitrogens is 5. The molecule has 3 aromatic rings. The van der Waals surface area contributed by atoms with E-state index in [9.17, 15) is 9.90 Å². The average Bonchev–Trinajstić information content (AvgIpc) is 3.14. The number of nitrogens with one attached hydrogen (secondary N) is 2. The molecule has 9 heteroatoms. The van der Waals surface area contributed by atoms with Crippen molar-refractivity contribution in [3.05, 3.63) is 45.3 Å². The average molecular weight is 377 g/mol. The smallest absolute Gasteiger partial charge is 0.200 e. The van der Waals surface area contributed by atoms with Crippen LogP contribution >= 0.6 is 23.8 Å². The highest BCUT2D eigenvalue weighted by Gasteiger charge is 2.20. The van der Waals surface area contributed by atoms with E-state index in [0.29, 0.717) is 22.0 Å². The van der Waals surface area contributed by atoms with E-state index in [1.54, 1.807) is 10.6 Å². The molecule has 25 heavy (non-hydrogen) atoms. The number of benzene rings is 1. The van der Waals surface area contributed by atoms with Crippen LogP contribution in [0.4, 0.5) is 0 Å². The van der Waals surface area contributed by atoms with Crippen molar-refractivity contribution in [3.63, 3.8) is 0 Å². The lowest BCUT2D eigenvalue weighted by atomic mass is 9.92. The Bertz CT molecular complexity index is 1010. The van der Waals surface area contributed by atoms with Crippen molar-refractivity contribution < 1.29 is 9.90 Å². The standard InChI is InChI=1S/C16H16ClN5O2S/c1-16(2,3)12-7-11(18-19-12)13-20-21-15(25)22(13)8-4-5-10(17)9(6-8)14(23)24/h4-7H,1-3H3,(H,18,19)(H,21,25)(H,23,24)/p-1. The van der Waals surface area contributed by atoms with Crippen LogP contribution in [0, 0.1) is 4.77 Å². The first-order valence-electron chi connectivity index (χ1n) is 7.43. The van der Waals surface area contributed by atoms with Gasteiger partial charge in [0.15, 0.2) is 10.6 Å². The predicted molar refractivity (Wildman–Crippen MR) is 94.4 cm³/mol. The van der Waals surface area contributed by atoms with Crippen molar-refractivity contribution in [3.8, 4) is 17.2 Å². The summed E-state index contributed by atoms with van der Waals surface area (Å²) in [6.07, 6.45) is 0. The van der Waals surface area contributed by atoms with Gasteiger partial charge in [-0.05, 0) is 36.5 Å². The Labute approximate surface area is 153 Å². The van der Waals surface area contributed by atoms with Crippen LogP contribution in [-0.4, -0.2) is 30.9 Å². The molecule has 0 radical (unpaired) electrons. The summed E-state index contributed by atoms with van der Waals surface area (Å²) in [6.45, 7) is 6.19. The van der Waals surface area contributed by atoms with Gasteiger partial charge in [0.2, 0.25) is 0 Å². The molecule has 2 aromatic heterocycles. The van der Waals surface area contributed by atoms with E-state index in [1.165, 1.54) is 12.1 Å². The molecule has 0 atom stereocenters. The predicted octanol–water partition coefficient (Wildman–Crippen LogP) is 2.63. The Morgan fingerprint density at radius 1 is 1.24 bits per heavy atom. The number of carboxylic acid groups (broad SMARTS) is 1. The van der Waals surface area contributed by atoms with E-state index >= 15 is 0 Å². The van der Waals surface area contributed by atoms with E-state index in [-0.39, 0.29) is 16.0 Å². The number of rotatable bonds is 3. The van der Waals surface area contributed by atoms with Gasteiger partial charge in [-0.1, -0.05) is 32.4 Å². The zero-order chi connectivity index (χ0) is 18.4. The van der Waals surface area contributed by atoms with Gasteiger partial charge < -0.3 is 9.90 Å². The summed E-state index contributed by atoms with van der Waals surface area (Å²) >= 11 is 11.2. The number of H-pyrrole nitrogens is 2. The molecule has 3 rings (SSSR count). The monoisotopic (exact) mass is 376 g/mol. The topological polar surface area (TPSA) is 102 Å². The van der Waals surface area contributed by atoms with Crippen molar-refractivity contribution in [2.24, 2.45) is 0 Å². The second-order valence-electron chi connectivity index (χ2n) is 6.56. The minimum Gasteiger partial charge on any atom is -0.545 e. The minimum absolute atomic E-state index is 0.0927. The fraction of sp³-hybridized carbons (Fsp3) is 0.250. The number of hydrogen-bond donors (Lipinski definition) is 2. The Balaban J connectivity index is 2.16. The van der Waals surface area contributed by atoms with Crippen molar-refractivity contribution in [1.29, 1.82) is 0 Å². The highest BCUT2D eigenvalue weighted by molar-refractivity contribution is 7.71. The molecule has 0 aliphatic rings. The van der Waals surface area contributed by atoms with Crippen LogP contribution in [0.3, 0.4) is 0 Å². The van der Waals surface area contributed by atoms with Gasteiger partial charge in [-0.3, -0.25) is 14.8 Å². The summed E-state index contributed by atoms with van der Waals surface area (Å²) in [6, 6.07) is 6.41. The van der Waals surface area contributed by atoms with Crippen LogP contribution in [0.15, 0.2) is 24.3 Å². The Hall–Kier alpha value is -2.45. The quantitative estimate of drug-likeness (QED) is 0.684. The number of carboxylic acids is 1. The van der Waals surface area contributed by atoms with E-state index < -0.39 is 5.97 Å². The lowest BCUT2D eigenvalue weighted by Gasteiger charge is -2.14. The molecule has 0 spiro atoms. The van der Waals surface area contributed by atoms with Gasteiger partial charge in [-0.2, -0.15) is 10.2 Å². The second kappa shape index (κ2) is 6.12. The highest BCUT2D eigenvalue weighted by Crippen LogP contribution is 2.27. The number of hydrogen-bond acceptors (Lipinski definition) is 5. The van der Waals surface area contributed by atoms with E-state index in [1.807, 2.05) is 6.07 Å². The van der Waals surface area contributed by atoms with Gasteiger partial charge in [0.05, 0.1) is 11.7 Å². The number of aromatic amines is 2. The number of carbonyl (C=O) groups excluding carboxylic acids is 1. The Morgan fingerprint density at radius 2 is 1.96 bits per heavy atom. The molecule has 0 aliphatic heterocycles. The molecule has 0 saturated carbocycles. The molecule has 130 valence electrons. The van der Waals surface area contributed by atoms with E-state index in [4.69, 9.17) is 23.8 Å². The van der Waals surface area contributed by atoms with Gasteiger partial charge in [0.25, 0.3) is 0 Å². The number of halogens is 1. The SMILES string of the molecule is CC(C)(C)c1cc(-c2n[nH]c(=S)n2-c2ccc(Cl)c(C(=O)[O-])c2)n[nH]1. The van der Waals surface area contributed by atoms with Crippen molar-refractivity contribution >= 4 is 29.8 Å². The molecule has 2 N–H and O–H groups in total. The third kappa shape index (κ3) is 3.22. The van der Waals surface area contributed by atoms with Crippen molar-refractivity contribution in [2.75, 3.05) is 0 Å². The zero-order valence-electron chi connectivity index (χ0n) is 13.8. The van der Waals surface area contributed by atoms with Crippen LogP contribution in [0.5, 0.6) is 0 Å². The maximum absolute atomic E-state index is 11.2. The van der Waals surface area contributed by atoms with Crippen molar-refractivity contribution in [2.45, 2.75) is 26.2 Å². The normalized spacial score (nSPS) is 11.7. The third-order valence-electron chi connectivity index (χ3n) is 3.72. The lowest BCUT2D eigenvalue weighted by molar-refractivity contribution is -0.255. The fourth-order valence-electron chi connectivity index (χ4n) is 2.34. The summed E-state index contributed by atoms with van der Waals surface area (Å²) in [5, 5.41) is 25.5. The highest BCUT2D eigenvalue weighted by atomic mass is 35.5. The number of nitrogens with zero attached hydrogens (tertiary/aromatic N) is 3. The molecule has 0 aliphatic carbocycles. The molecule has 0 bridgehead atoms. The van der Waals surface area contributed by atoms with Gasteiger partial charge in [-0.15, -0.1) is 0 Å². The van der Waals surface area contributed by atoms with Crippen LogP contribution in [-0.2, 0) is 5.41 Å². The van der Waals surface area contributed by atoms with E-state index in [0.717, 1.165) is 5.69 Å². The number of carbonyl (C=O) groups is 1. The molecule has 0 unspecified atom stereocenters. The van der Waals surface area contributed by atoms with Gasteiger partial charge in [0.1, 0.15) is 5.69 Å². The van der Waals surface area contributed by atoms with Crippen LogP contribution < -0.4 is 5.11 Å². The molecule has 0 fully saturated rings. The fourth-order valence-corrected chi connectivity index (χ4v) is 2.77. The molecule has 7 nitrogen and oxygen atoms in total. The maximum atomic E-state index is 11.2. The van der Waals surface area contributed by atoms with Gasteiger partial charge in [0, 0.05) is 21.7 Å². The van der Waals surface area contributed by atoms with Crippen LogP contribution in [0.1, 0.15) is 36.8 Å². The minimum atomic E-state index is -1.36. The molecular weight excluding hydrogens is 362 g/mol. The molecule has 0 amide bonds. The summed E-state index contributed by atoms with van der Waals surface area (Å²) in [4.78, 5) is 11.2.